The van der Waals surface area contributed by atoms with E-state index in [0.29, 0.717) is 5.15 Å². The minimum absolute atomic E-state index is 0.526. The predicted molar refractivity (Wildman–Crippen MR) is 81.8 cm³/mol. The zero-order valence-corrected chi connectivity index (χ0v) is 12.8. The summed E-state index contributed by atoms with van der Waals surface area (Å²) in [6.07, 6.45) is 7.78. The Hall–Kier alpha value is -0.480. The van der Waals surface area contributed by atoms with Crippen molar-refractivity contribution < 1.29 is 0 Å². The van der Waals surface area contributed by atoms with Crippen LogP contribution in [0.5, 0.6) is 0 Å². The van der Waals surface area contributed by atoms with E-state index < -0.39 is 0 Å². The molecule has 0 aliphatic rings. The van der Waals surface area contributed by atoms with Gasteiger partial charge in [0, 0.05) is 19.0 Å². The van der Waals surface area contributed by atoms with Gasteiger partial charge in [-0.3, -0.25) is 0 Å². The molecule has 0 aliphatic heterocycles. The van der Waals surface area contributed by atoms with Crippen LogP contribution in [0.4, 0.5) is 5.82 Å². The molecule has 1 aromatic heterocycles. The maximum Gasteiger partial charge on any atom is 0.134 e. The molecule has 0 aliphatic carbocycles. The molecule has 0 saturated carbocycles. The van der Waals surface area contributed by atoms with E-state index in [1.54, 1.807) is 6.07 Å². The SMILES string of the molecule is CCCc1nc(Cl)cc(NCCCCCSC)n1. The highest BCUT2D eigenvalue weighted by molar-refractivity contribution is 7.98. The van der Waals surface area contributed by atoms with E-state index in [2.05, 4.69) is 28.5 Å². The smallest absolute Gasteiger partial charge is 0.134 e. The Kier molecular flexibility index (Phi) is 8.18. The average Bonchev–Trinajstić information content (AvgIpc) is 2.33. The highest BCUT2D eigenvalue weighted by Crippen LogP contribution is 2.13. The van der Waals surface area contributed by atoms with Crippen molar-refractivity contribution in [1.29, 1.82) is 0 Å². The number of hydrogen-bond acceptors (Lipinski definition) is 4. The molecule has 1 aromatic rings. The maximum atomic E-state index is 5.97. The van der Waals surface area contributed by atoms with Crippen molar-refractivity contribution >= 4 is 29.2 Å². The van der Waals surface area contributed by atoms with Crippen molar-refractivity contribution in [2.24, 2.45) is 0 Å². The maximum absolute atomic E-state index is 5.97. The van der Waals surface area contributed by atoms with Crippen molar-refractivity contribution in [1.82, 2.24) is 9.97 Å². The number of anilines is 1. The highest BCUT2D eigenvalue weighted by Gasteiger charge is 2.02. The van der Waals surface area contributed by atoms with Crippen LogP contribution in [0.15, 0.2) is 6.07 Å². The van der Waals surface area contributed by atoms with Crippen molar-refractivity contribution in [2.45, 2.75) is 39.0 Å². The molecule has 3 nitrogen and oxygen atoms in total. The summed E-state index contributed by atoms with van der Waals surface area (Å²) >= 11 is 7.88. The van der Waals surface area contributed by atoms with Crippen LogP contribution in [-0.2, 0) is 6.42 Å². The molecule has 5 heteroatoms. The number of unbranched alkanes of at least 4 members (excludes halogenated alkanes) is 2. The first-order valence-corrected chi connectivity index (χ1v) is 8.29. The zero-order valence-electron chi connectivity index (χ0n) is 11.2. The Bertz CT molecular complexity index is 347. The van der Waals surface area contributed by atoms with Crippen LogP contribution in [0.25, 0.3) is 0 Å². The van der Waals surface area contributed by atoms with Gasteiger partial charge in [0.2, 0.25) is 0 Å². The molecule has 0 amide bonds. The molecule has 102 valence electrons. The number of nitrogens with zero attached hydrogens (tertiary/aromatic N) is 2. The molecule has 1 N–H and O–H groups in total. The molecule has 0 unspecified atom stereocenters. The number of thioether (sulfide) groups is 1. The lowest BCUT2D eigenvalue weighted by Gasteiger charge is -2.07. The fourth-order valence-electron chi connectivity index (χ4n) is 1.66. The van der Waals surface area contributed by atoms with Gasteiger partial charge in [-0.2, -0.15) is 11.8 Å². The van der Waals surface area contributed by atoms with Gasteiger partial charge in [0.05, 0.1) is 0 Å². The molecule has 0 aromatic carbocycles. The first kappa shape index (κ1) is 15.6. The lowest BCUT2D eigenvalue weighted by atomic mass is 10.2. The monoisotopic (exact) mass is 287 g/mol. The standard InChI is InChI=1S/C13H22ClN3S/c1-3-7-12-16-11(14)10-13(17-12)15-8-5-4-6-9-18-2/h10H,3-9H2,1-2H3,(H,15,16,17). The van der Waals surface area contributed by atoms with Gasteiger partial charge in [-0.05, 0) is 31.3 Å². The molecular weight excluding hydrogens is 266 g/mol. The Balaban J connectivity index is 2.32. The van der Waals surface area contributed by atoms with Crippen molar-refractivity contribution in [3.63, 3.8) is 0 Å². The van der Waals surface area contributed by atoms with E-state index in [1.165, 1.54) is 25.0 Å². The van der Waals surface area contributed by atoms with Crippen LogP contribution in [0, 0.1) is 0 Å². The number of nitrogens with one attached hydrogen (secondary N) is 1. The number of hydrogen-bond donors (Lipinski definition) is 1. The lowest BCUT2D eigenvalue weighted by Crippen LogP contribution is -2.06. The summed E-state index contributed by atoms with van der Waals surface area (Å²) in [7, 11) is 0. The van der Waals surface area contributed by atoms with Crippen molar-refractivity contribution in [2.75, 3.05) is 23.9 Å². The second kappa shape index (κ2) is 9.45. The molecule has 0 bridgehead atoms. The van der Waals surface area contributed by atoms with E-state index in [1.807, 2.05) is 11.8 Å². The highest BCUT2D eigenvalue weighted by atomic mass is 35.5. The average molecular weight is 288 g/mol. The molecule has 0 fully saturated rings. The number of rotatable bonds is 9. The molecular formula is C13H22ClN3S. The largest absolute Gasteiger partial charge is 0.370 e. The first-order valence-electron chi connectivity index (χ1n) is 6.52. The van der Waals surface area contributed by atoms with Gasteiger partial charge in [-0.15, -0.1) is 0 Å². The fraction of sp³-hybridized carbons (Fsp3) is 0.692. The van der Waals surface area contributed by atoms with Crippen LogP contribution in [-0.4, -0.2) is 28.5 Å². The topological polar surface area (TPSA) is 37.8 Å². The Morgan fingerprint density at radius 3 is 2.83 bits per heavy atom. The fourth-order valence-corrected chi connectivity index (χ4v) is 2.35. The van der Waals surface area contributed by atoms with Crippen LogP contribution in [0.3, 0.4) is 0 Å². The van der Waals surface area contributed by atoms with Crippen molar-refractivity contribution in [3.05, 3.63) is 17.0 Å². The summed E-state index contributed by atoms with van der Waals surface area (Å²) in [5.41, 5.74) is 0. The molecule has 0 spiro atoms. The van der Waals surface area contributed by atoms with E-state index in [9.17, 15) is 0 Å². The van der Waals surface area contributed by atoms with Crippen molar-refractivity contribution in [3.8, 4) is 0 Å². The summed E-state index contributed by atoms with van der Waals surface area (Å²) in [4.78, 5) is 8.65. The second-order valence-electron chi connectivity index (χ2n) is 4.22. The van der Waals surface area contributed by atoms with Gasteiger partial charge in [0.25, 0.3) is 0 Å². The number of aromatic nitrogens is 2. The molecule has 1 heterocycles. The summed E-state index contributed by atoms with van der Waals surface area (Å²) in [6, 6.07) is 1.79. The first-order chi connectivity index (χ1) is 8.76. The summed E-state index contributed by atoms with van der Waals surface area (Å²) in [6.45, 7) is 3.07. The van der Waals surface area contributed by atoms with Crippen LogP contribution >= 0.6 is 23.4 Å². The van der Waals surface area contributed by atoms with Crippen LogP contribution in [0.2, 0.25) is 5.15 Å². The van der Waals surface area contributed by atoms with E-state index in [4.69, 9.17) is 11.6 Å². The van der Waals surface area contributed by atoms with E-state index in [0.717, 1.165) is 31.0 Å². The Labute approximate surface area is 119 Å². The van der Waals surface area contributed by atoms with Crippen LogP contribution < -0.4 is 5.32 Å². The summed E-state index contributed by atoms with van der Waals surface area (Å²) < 4.78 is 0. The summed E-state index contributed by atoms with van der Waals surface area (Å²) in [5.74, 6) is 2.93. The molecule has 1 rings (SSSR count). The zero-order chi connectivity index (χ0) is 13.2. The van der Waals surface area contributed by atoms with E-state index in [-0.39, 0.29) is 0 Å². The molecule has 0 saturated heterocycles. The van der Waals surface area contributed by atoms with Gasteiger partial charge in [-0.25, -0.2) is 9.97 Å². The Morgan fingerprint density at radius 1 is 1.28 bits per heavy atom. The van der Waals surface area contributed by atoms with Gasteiger partial charge in [0.15, 0.2) is 0 Å². The minimum Gasteiger partial charge on any atom is -0.370 e. The Morgan fingerprint density at radius 2 is 2.11 bits per heavy atom. The molecule has 18 heavy (non-hydrogen) atoms. The predicted octanol–water partition coefficient (Wildman–Crippen LogP) is 4.03. The van der Waals surface area contributed by atoms with E-state index >= 15 is 0 Å². The molecule has 0 atom stereocenters. The van der Waals surface area contributed by atoms with Gasteiger partial charge in [-0.1, -0.05) is 24.9 Å². The third-order valence-electron chi connectivity index (χ3n) is 2.55. The van der Waals surface area contributed by atoms with Crippen LogP contribution in [0.1, 0.15) is 38.4 Å². The molecule has 0 radical (unpaired) electrons. The number of aryl methyl sites for hydroxylation is 1. The second-order valence-corrected chi connectivity index (χ2v) is 5.60. The third kappa shape index (κ3) is 6.45. The normalized spacial score (nSPS) is 10.6. The van der Waals surface area contributed by atoms with Gasteiger partial charge >= 0.3 is 0 Å². The lowest BCUT2D eigenvalue weighted by molar-refractivity contribution is 0.746. The van der Waals surface area contributed by atoms with Gasteiger partial charge < -0.3 is 5.32 Å². The summed E-state index contributed by atoms with van der Waals surface area (Å²) in [5, 5.41) is 3.85. The number of halogens is 1. The third-order valence-corrected chi connectivity index (χ3v) is 3.44. The van der Waals surface area contributed by atoms with Gasteiger partial charge in [0.1, 0.15) is 16.8 Å². The minimum atomic E-state index is 0.526. The quantitative estimate of drug-likeness (QED) is 0.550.